The van der Waals surface area contributed by atoms with Crippen molar-refractivity contribution < 1.29 is 4.74 Å². The van der Waals surface area contributed by atoms with Crippen LogP contribution in [0.4, 0.5) is 0 Å². The largest absolute Gasteiger partial charge is 0.493 e. The summed E-state index contributed by atoms with van der Waals surface area (Å²) >= 11 is 3.43. The summed E-state index contributed by atoms with van der Waals surface area (Å²) in [6, 6.07) is 8.13. The lowest BCUT2D eigenvalue weighted by Crippen LogP contribution is -2.29. The van der Waals surface area contributed by atoms with Crippen molar-refractivity contribution in [2.75, 3.05) is 6.61 Å². The van der Waals surface area contributed by atoms with E-state index >= 15 is 0 Å². The third-order valence-electron chi connectivity index (χ3n) is 3.27. The molecule has 1 aromatic carbocycles. The van der Waals surface area contributed by atoms with Crippen LogP contribution in [0.25, 0.3) is 0 Å². The SMILES string of the molecule is NNC(c1cncc(Br)c1)c1ccc2c(c1)CCO2. The van der Waals surface area contributed by atoms with E-state index in [2.05, 4.69) is 32.4 Å². The molecule has 3 N–H and O–H groups in total. The Hall–Kier alpha value is -1.43. The fourth-order valence-corrected chi connectivity index (χ4v) is 2.74. The lowest BCUT2D eigenvalue weighted by Gasteiger charge is -2.17. The molecule has 0 saturated heterocycles. The summed E-state index contributed by atoms with van der Waals surface area (Å²) in [5, 5.41) is 0. The van der Waals surface area contributed by atoms with Crippen molar-refractivity contribution in [1.82, 2.24) is 10.4 Å². The number of hydrazine groups is 1. The maximum Gasteiger partial charge on any atom is 0.122 e. The van der Waals surface area contributed by atoms with Crippen molar-refractivity contribution in [1.29, 1.82) is 0 Å². The van der Waals surface area contributed by atoms with Crippen LogP contribution in [0.15, 0.2) is 41.1 Å². The molecule has 98 valence electrons. The quantitative estimate of drug-likeness (QED) is 0.673. The standard InChI is InChI=1S/C14H14BrN3O/c15-12-6-11(7-17-8-12)14(18-16)10-1-2-13-9(5-10)3-4-19-13/h1-2,5-8,14,18H,3-4,16H2. The van der Waals surface area contributed by atoms with Crippen molar-refractivity contribution in [3.05, 3.63) is 57.8 Å². The minimum atomic E-state index is -0.0732. The van der Waals surface area contributed by atoms with Crippen molar-refractivity contribution in [3.63, 3.8) is 0 Å². The number of hydrogen-bond donors (Lipinski definition) is 2. The average Bonchev–Trinajstić information content (AvgIpc) is 2.87. The zero-order valence-corrected chi connectivity index (χ0v) is 11.9. The minimum Gasteiger partial charge on any atom is -0.493 e. The summed E-state index contributed by atoms with van der Waals surface area (Å²) in [7, 11) is 0. The molecule has 1 atom stereocenters. The van der Waals surface area contributed by atoms with Crippen LogP contribution in [0.5, 0.6) is 5.75 Å². The van der Waals surface area contributed by atoms with E-state index in [1.807, 2.05) is 24.4 Å². The van der Waals surface area contributed by atoms with Gasteiger partial charge in [-0.1, -0.05) is 12.1 Å². The van der Waals surface area contributed by atoms with Crippen LogP contribution in [0.3, 0.4) is 0 Å². The molecule has 0 radical (unpaired) electrons. The topological polar surface area (TPSA) is 60.2 Å². The zero-order valence-electron chi connectivity index (χ0n) is 10.3. The van der Waals surface area contributed by atoms with Gasteiger partial charge in [0.05, 0.1) is 12.6 Å². The van der Waals surface area contributed by atoms with Gasteiger partial charge in [0.2, 0.25) is 0 Å². The molecule has 4 nitrogen and oxygen atoms in total. The van der Waals surface area contributed by atoms with Crippen molar-refractivity contribution in [2.45, 2.75) is 12.5 Å². The fraction of sp³-hybridized carbons (Fsp3) is 0.214. The molecule has 0 saturated carbocycles. The molecule has 2 heterocycles. The van der Waals surface area contributed by atoms with Gasteiger partial charge in [0.1, 0.15) is 5.75 Å². The zero-order chi connectivity index (χ0) is 13.2. The molecule has 0 spiro atoms. The molecule has 2 aromatic rings. The number of pyridine rings is 1. The van der Waals surface area contributed by atoms with Crippen LogP contribution in [0.2, 0.25) is 0 Å². The number of benzene rings is 1. The van der Waals surface area contributed by atoms with Crippen LogP contribution in [0, 0.1) is 0 Å². The highest BCUT2D eigenvalue weighted by atomic mass is 79.9. The maximum atomic E-state index is 5.71. The smallest absolute Gasteiger partial charge is 0.122 e. The van der Waals surface area contributed by atoms with Gasteiger partial charge in [-0.15, -0.1) is 0 Å². The fourth-order valence-electron chi connectivity index (χ4n) is 2.36. The Bertz CT molecular complexity index is 603. The van der Waals surface area contributed by atoms with E-state index in [1.165, 1.54) is 5.56 Å². The molecule has 0 fully saturated rings. The third-order valence-corrected chi connectivity index (χ3v) is 3.71. The molecule has 3 rings (SSSR count). The maximum absolute atomic E-state index is 5.71. The second-order valence-electron chi connectivity index (χ2n) is 4.50. The third kappa shape index (κ3) is 2.49. The highest BCUT2D eigenvalue weighted by molar-refractivity contribution is 9.10. The number of hydrogen-bond acceptors (Lipinski definition) is 4. The normalized spacial score (nSPS) is 14.8. The Morgan fingerprint density at radius 2 is 2.16 bits per heavy atom. The van der Waals surface area contributed by atoms with E-state index in [-0.39, 0.29) is 6.04 Å². The highest BCUT2D eigenvalue weighted by Crippen LogP contribution is 2.30. The second kappa shape index (κ2) is 5.28. The summed E-state index contributed by atoms with van der Waals surface area (Å²) < 4.78 is 6.46. The molecule has 0 amide bonds. The molecule has 0 aliphatic carbocycles. The first-order chi connectivity index (χ1) is 9.28. The number of nitrogens with zero attached hydrogens (tertiary/aromatic N) is 1. The number of nitrogens with two attached hydrogens (primary N) is 1. The Morgan fingerprint density at radius 1 is 1.26 bits per heavy atom. The second-order valence-corrected chi connectivity index (χ2v) is 5.42. The summed E-state index contributed by atoms with van der Waals surface area (Å²) in [6.45, 7) is 0.762. The number of ether oxygens (including phenoxy) is 1. The molecule has 1 aliphatic heterocycles. The Kier molecular flexibility index (Phi) is 3.50. The van der Waals surface area contributed by atoms with Gasteiger partial charge in [-0.2, -0.15) is 0 Å². The van der Waals surface area contributed by atoms with E-state index in [0.29, 0.717) is 0 Å². The van der Waals surface area contributed by atoms with Gasteiger partial charge in [0.25, 0.3) is 0 Å². The summed E-state index contributed by atoms with van der Waals surface area (Å²) in [6.07, 6.45) is 4.53. The van der Waals surface area contributed by atoms with Gasteiger partial charge in [-0.3, -0.25) is 10.8 Å². The van der Waals surface area contributed by atoms with Gasteiger partial charge >= 0.3 is 0 Å². The molecular formula is C14H14BrN3O. The Labute approximate surface area is 120 Å². The van der Waals surface area contributed by atoms with Crippen molar-refractivity contribution in [3.8, 4) is 5.75 Å². The first-order valence-corrected chi connectivity index (χ1v) is 6.89. The monoisotopic (exact) mass is 319 g/mol. The predicted molar refractivity (Wildman–Crippen MR) is 76.7 cm³/mol. The van der Waals surface area contributed by atoms with Gasteiger partial charge in [0.15, 0.2) is 0 Å². The van der Waals surface area contributed by atoms with E-state index in [0.717, 1.165) is 34.4 Å². The van der Waals surface area contributed by atoms with Gasteiger partial charge in [-0.05, 0) is 44.8 Å². The van der Waals surface area contributed by atoms with Gasteiger partial charge < -0.3 is 4.74 Å². The number of fused-ring (bicyclic) bond motifs is 1. The number of aromatic nitrogens is 1. The van der Waals surface area contributed by atoms with E-state index in [1.54, 1.807) is 6.20 Å². The van der Waals surface area contributed by atoms with Crippen LogP contribution in [-0.2, 0) is 6.42 Å². The Balaban J connectivity index is 1.98. The van der Waals surface area contributed by atoms with Crippen LogP contribution < -0.4 is 16.0 Å². The van der Waals surface area contributed by atoms with Crippen LogP contribution >= 0.6 is 15.9 Å². The number of nitrogens with one attached hydrogen (secondary N) is 1. The molecule has 5 heteroatoms. The van der Waals surface area contributed by atoms with Crippen molar-refractivity contribution >= 4 is 15.9 Å². The highest BCUT2D eigenvalue weighted by Gasteiger charge is 2.17. The lowest BCUT2D eigenvalue weighted by atomic mass is 9.98. The molecule has 1 aromatic heterocycles. The first kappa shape index (κ1) is 12.6. The summed E-state index contributed by atoms with van der Waals surface area (Å²) in [4.78, 5) is 4.18. The average molecular weight is 320 g/mol. The Morgan fingerprint density at radius 3 is 2.95 bits per heavy atom. The van der Waals surface area contributed by atoms with E-state index in [4.69, 9.17) is 10.6 Å². The first-order valence-electron chi connectivity index (χ1n) is 6.10. The van der Waals surface area contributed by atoms with E-state index < -0.39 is 0 Å². The number of halogens is 1. The van der Waals surface area contributed by atoms with Gasteiger partial charge in [-0.25, -0.2) is 5.43 Å². The lowest BCUT2D eigenvalue weighted by molar-refractivity contribution is 0.357. The minimum absolute atomic E-state index is 0.0732. The number of rotatable bonds is 3. The molecule has 0 bridgehead atoms. The predicted octanol–water partition coefficient (Wildman–Crippen LogP) is 2.33. The van der Waals surface area contributed by atoms with Gasteiger partial charge in [0, 0.05) is 23.3 Å². The van der Waals surface area contributed by atoms with E-state index in [9.17, 15) is 0 Å². The summed E-state index contributed by atoms with van der Waals surface area (Å²) in [5.74, 6) is 6.69. The molecule has 1 aliphatic rings. The van der Waals surface area contributed by atoms with Crippen LogP contribution in [0.1, 0.15) is 22.7 Å². The van der Waals surface area contributed by atoms with Crippen molar-refractivity contribution in [2.24, 2.45) is 5.84 Å². The molecule has 19 heavy (non-hydrogen) atoms. The summed E-state index contributed by atoms with van der Waals surface area (Å²) in [5.41, 5.74) is 6.23. The van der Waals surface area contributed by atoms with Crippen LogP contribution in [-0.4, -0.2) is 11.6 Å². The molecule has 1 unspecified atom stereocenters. The molecular weight excluding hydrogens is 306 g/mol.